The predicted molar refractivity (Wildman–Crippen MR) is 150 cm³/mol. The summed E-state index contributed by atoms with van der Waals surface area (Å²) in [7, 11) is 1.63. The van der Waals surface area contributed by atoms with Gasteiger partial charge in [0.1, 0.15) is 29.7 Å². The second-order valence-electron chi connectivity index (χ2n) is 11.8. The maximum Gasteiger partial charge on any atom is 0.215 e. The van der Waals surface area contributed by atoms with Gasteiger partial charge in [-0.1, -0.05) is 0 Å². The van der Waals surface area contributed by atoms with E-state index in [1.807, 2.05) is 6.08 Å². The largest absolute Gasteiger partial charge is 0.467 e. The minimum Gasteiger partial charge on any atom is -0.467 e. The summed E-state index contributed by atoms with van der Waals surface area (Å²) in [5.41, 5.74) is 17.1. The molecule has 0 aromatic carbocycles. The van der Waals surface area contributed by atoms with Gasteiger partial charge in [0.15, 0.2) is 6.29 Å². The van der Waals surface area contributed by atoms with E-state index in [1.54, 1.807) is 14.0 Å². The molecule has 0 amide bonds. The number of hydrogen-bond donors (Lipinski definition) is 10. The van der Waals surface area contributed by atoms with Crippen LogP contribution in [0.1, 0.15) is 45.4 Å². The van der Waals surface area contributed by atoms with Crippen molar-refractivity contribution in [2.75, 3.05) is 39.9 Å². The molecule has 0 spiro atoms. The van der Waals surface area contributed by atoms with Gasteiger partial charge in [0.25, 0.3) is 0 Å². The molecule has 12 atom stereocenters. The molecule has 2 unspecified atom stereocenters. The molecule has 3 aliphatic rings. The third-order valence-corrected chi connectivity index (χ3v) is 8.27. The van der Waals surface area contributed by atoms with Gasteiger partial charge in [0, 0.05) is 12.6 Å². The van der Waals surface area contributed by atoms with Crippen LogP contribution in [0.5, 0.6) is 0 Å². The molecule has 0 aromatic heterocycles. The molecule has 2 aliphatic heterocycles. The van der Waals surface area contributed by atoms with Crippen LogP contribution in [0.15, 0.2) is 11.8 Å². The molecule has 3 rings (SSSR count). The zero-order valence-corrected chi connectivity index (χ0v) is 24.3. The number of nitrogens with one attached hydrogen (secondary N) is 2. The average Bonchev–Trinajstić information content (AvgIpc) is 2.92. The van der Waals surface area contributed by atoms with Gasteiger partial charge in [0.05, 0.1) is 37.4 Å². The summed E-state index contributed by atoms with van der Waals surface area (Å²) in [4.78, 5) is 0. The number of aliphatic hydroxyl groups is 5. The Morgan fingerprint density at radius 2 is 1.85 bits per heavy atom. The van der Waals surface area contributed by atoms with E-state index >= 15 is 0 Å². The Balaban J connectivity index is 1.73. The fourth-order valence-corrected chi connectivity index (χ4v) is 5.93. The van der Waals surface area contributed by atoms with Gasteiger partial charge in [-0.15, -0.1) is 0 Å². The lowest BCUT2D eigenvalue weighted by atomic mass is 9.76. The first-order valence-corrected chi connectivity index (χ1v) is 14.8. The van der Waals surface area contributed by atoms with Crippen LogP contribution in [-0.2, 0) is 18.9 Å². The average molecular weight is 592 g/mol. The zero-order chi connectivity index (χ0) is 30.2. The van der Waals surface area contributed by atoms with E-state index < -0.39 is 66.8 Å². The molecule has 2 heterocycles. The third-order valence-electron chi connectivity index (χ3n) is 8.27. The SMILES string of the molecule is CN[C@@H]1[C@@H](O)[C@@H](O[C@H]2[C@H](CCC(O)CCN)C[C@H](N)C(O[C@H]3OC(CNCCCO)=CC[C@H]3N)[C@@H]2O)OC[C@]1(C)O. The minimum atomic E-state index is -1.33. The summed E-state index contributed by atoms with van der Waals surface area (Å²) in [6.07, 6.45) is -2.01. The topological polar surface area (TPSA) is 240 Å². The third kappa shape index (κ3) is 9.25. The highest BCUT2D eigenvalue weighted by molar-refractivity contribution is 5.04. The maximum atomic E-state index is 11.6. The van der Waals surface area contributed by atoms with Crippen molar-refractivity contribution in [3.05, 3.63) is 11.8 Å². The van der Waals surface area contributed by atoms with E-state index in [4.69, 9.17) is 41.3 Å². The standard InChI is InChI=1S/C27H53N5O9/c1-27(37)14-38-26(21(36)24(27)31-2)40-22-15(4-5-16(34)8-9-28)12-19(30)23(20(22)35)41-25-18(29)7-6-17(39-25)13-32-10-3-11-33/h6,15-16,18-26,31-37H,3-5,7-14,28-30H2,1-2H3/t15-,16?,18-,19+,20-,21-,22+,23?,24-,25-,26-,27+/m1/s1. The molecule has 1 aliphatic carbocycles. The highest BCUT2D eigenvalue weighted by atomic mass is 16.7. The quantitative estimate of drug-likeness (QED) is 0.0851. The van der Waals surface area contributed by atoms with Crippen molar-refractivity contribution >= 4 is 0 Å². The van der Waals surface area contributed by atoms with Crippen LogP contribution >= 0.6 is 0 Å². The molecule has 41 heavy (non-hydrogen) atoms. The molecule has 0 radical (unpaired) electrons. The van der Waals surface area contributed by atoms with Gasteiger partial charge in [0.2, 0.25) is 6.29 Å². The summed E-state index contributed by atoms with van der Waals surface area (Å²) < 4.78 is 24.2. The van der Waals surface area contributed by atoms with Crippen molar-refractivity contribution in [2.24, 2.45) is 23.1 Å². The van der Waals surface area contributed by atoms with E-state index in [-0.39, 0.29) is 19.1 Å². The number of aliphatic hydroxyl groups excluding tert-OH is 4. The predicted octanol–water partition coefficient (Wildman–Crippen LogP) is -3.06. The summed E-state index contributed by atoms with van der Waals surface area (Å²) in [6.45, 7) is 2.99. The molecule has 2 fully saturated rings. The van der Waals surface area contributed by atoms with E-state index in [9.17, 15) is 20.4 Å². The van der Waals surface area contributed by atoms with Gasteiger partial charge in [-0.25, -0.2) is 0 Å². The smallest absolute Gasteiger partial charge is 0.215 e. The van der Waals surface area contributed by atoms with Gasteiger partial charge in [-0.3, -0.25) is 0 Å². The number of ether oxygens (including phenoxy) is 4. The maximum absolute atomic E-state index is 11.6. The minimum absolute atomic E-state index is 0.0887. The number of nitrogens with two attached hydrogens (primary N) is 3. The Bertz CT molecular complexity index is 809. The molecule has 13 N–H and O–H groups in total. The second-order valence-corrected chi connectivity index (χ2v) is 11.8. The van der Waals surface area contributed by atoms with Crippen molar-refractivity contribution in [3.8, 4) is 0 Å². The van der Waals surface area contributed by atoms with Gasteiger partial charge < -0.3 is 72.3 Å². The first-order chi connectivity index (χ1) is 19.5. The normalized spacial score (nSPS) is 40.6. The lowest BCUT2D eigenvalue weighted by Crippen LogP contribution is -2.67. The summed E-state index contributed by atoms with van der Waals surface area (Å²) in [5, 5.41) is 58.6. The first kappa shape index (κ1) is 34.5. The van der Waals surface area contributed by atoms with Crippen molar-refractivity contribution in [1.82, 2.24) is 10.6 Å². The highest BCUT2D eigenvalue weighted by Gasteiger charge is 2.51. The van der Waals surface area contributed by atoms with E-state index in [2.05, 4.69) is 10.6 Å². The Labute approximate surface area is 242 Å². The molecule has 0 bridgehead atoms. The lowest BCUT2D eigenvalue weighted by molar-refractivity contribution is -0.308. The zero-order valence-electron chi connectivity index (χ0n) is 24.3. The number of hydrogen-bond acceptors (Lipinski definition) is 14. The van der Waals surface area contributed by atoms with Crippen LogP contribution < -0.4 is 27.8 Å². The molecule has 14 nitrogen and oxygen atoms in total. The Kier molecular flexibility index (Phi) is 13.6. The number of rotatable bonds is 15. The van der Waals surface area contributed by atoms with Crippen LogP contribution in [0.2, 0.25) is 0 Å². The molecule has 1 saturated carbocycles. The summed E-state index contributed by atoms with van der Waals surface area (Å²) >= 11 is 0. The van der Waals surface area contributed by atoms with E-state index in [0.717, 1.165) is 0 Å². The fraction of sp³-hybridized carbons (Fsp3) is 0.926. The fourth-order valence-electron chi connectivity index (χ4n) is 5.93. The number of likely N-dealkylation sites (N-methyl/N-ethyl adjacent to an activating group) is 1. The van der Waals surface area contributed by atoms with Crippen LogP contribution in [0.3, 0.4) is 0 Å². The molecule has 240 valence electrons. The molecule has 1 saturated heterocycles. The summed E-state index contributed by atoms with van der Waals surface area (Å²) in [5.74, 6) is 0.364. The highest BCUT2D eigenvalue weighted by Crippen LogP contribution is 2.36. The lowest BCUT2D eigenvalue weighted by Gasteiger charge is -2.49. The van der Waals surface area contributed by atoms with Crippen molar-refractivity contribution in [3.63, 3.8) is 0 Å². The van der Waals surface area contributed by atoms with E-state index in [1.165, 1.54) is 0 Å². The molecule has 14 heteroatoms. The van der Waals surface area contributed by atoms with Crippen molar-refractivity contribution in [1.29, 1.82) is 0 Å². The van der Waals surface area contributed by atoms with E-state index in [0.29, 0.717) is 63.9 Å². The van der Waals surface area contributed by atoms with Crippen LogP contribution in [0.25, 0.3) is 0 Å². The van der Waals surface area contributed by atoms with Crippen molar-refractivity contribution < 1.29 is 44.5 Å². The Morgan fingerprint density at radius 1 is 1.12 bits per heavy atom. The Hall–Kier alpha value is -0.980. The monoisotopic (exact) mass is 591 g/mol. The summed E-state index contributed by atoms with van der Waals surface area (Å²) in [6, 6.07) is -1.80. The van der Waals surface area contributed by atoms with Crippen LogP contribution in [0.4, 0.5) is 0 Å². The Morgan fingerprint density at radius 3 is 2.54 bits per heavy atom. The second kappa shape index (κ2) is 16.2. The van der Waals surface area contributed by atoms with Gasteiger partial charge in [-0.05, 0) is 77.6 Å². The first-order valence-electron chi connectivity index (χ1n) is 14.8. The van der Waals surface area contributed by atoms with Crippen LogP contribution in [0, 0.1) is 5.92 Å². The molecule has 0 aromatic rings. The van der Waals surface area contributed by atoms with Crippen LogP contribution in [-0.4, -0.2) is 132 Å². The molecular formula is C27H53N5O9. The van der Waals surface area contributed by atoms with Gasteiger partial charge >= 0.3 is 0 Å². The molecular weight excluding hydrogens is 538 g/mol. The van der Waals surface area contributed by atoms with Gasteiger partial charge in [-0.2, -0.15) is 0 Å². The van der Waals surface area contributed by atoms with Crippen molar-refractivity contribution in [2.45, 2.75) is 112 Å².